The molecule has 0 aliphatic heterocycles. The molecule has 0 saturated carbocycles. The number of nitrogens with zero attached hydrogens (tertiary/aromatic N) is 3. The molecule has 60 valence electrons. The Labute approximate surface area is 72.6 Å². The summed E-state index contributed by atoms with van der Waals surface area (Å²) in [5.41, 5.74) is 0. The molecule has 0 saturated heterocycles. The van der Waals surface area contributed by atoms with Gasteiger partial charge in [0.15, 0.2) is 5.82 Å². The minimum atomic E-state index is -0.242. The lowest BCUT2D eigenvalue weighted by Gasteiger charge is -1.93. The Morgan fingerprint density at radius 1 is 1.33 bits per heavy atom. The van der Waals surface area contributed by atoms with Crippen molar-refractivity contribution < 1.29 is 5.11 Å². The van der Waals surface area contributed by atoms with Crippen LogP contribution in [0.2, 0.25) is 0 Å². The van der Waals surface area contributed by atoms with Crippen LogP contribution in [0.3, 0.4) is 0 Å². The topological polar surface area (TPSA) is 58.9 Å². The quantitative estimate of drug-likeness (QED) is 0.717. The van der Waals surface area contributed by atoms with Gasteiger partial charge in [0.25, 0.3) is 0 Å². The molecule has 1 N–H and O–H groups in total. The van der Waals surface area contributed by atoms with E-state index in [9.17, 15) is 0 Å². The van der Waals surface area contributed by atoms with Crippen LogP contribution in [0.15, 0.2) is 23.8 Å². The summed E-state index contributed by atoms with van der Waals surface area (Å²) in [6.07, 6.45) is 1.29. The maximum atomic E-state index is 8.95. The van der Waals surface area contributed by atoms with Gasteiger partial charge in [-0.2, -0.15) is 9.97 Å². The van der Waals surface area contributed by atoms with E-state index in [1.807, 2.05) is 17.5 Å². The van der Waals surface area contributed by atoms with E-state index < -0.39 is 0 Å². The molecule has 0 aromatic carbocycles. The summed E-state index contributed by atoms with van der Waals surface area (Å²) in [5.74, 6) is 0.512. The molecule has 0 radical (unpaired) electrons. The fourth-order valence-electron chi connectivity index (χ4n) is 0.812. The van der Waals surface area contributed by atoms with Crippen LogP contribution in [-0.4, -0.2) is 20.1 Å². The summed E-state index contributed by atoms with van der Waals surface area (Å²) < 4.78 is 0. The van der Waals surface area contributed by atoms with Gasteiger partial charge in [-0.25, -0.2) is 4.98 Å². The zero-order valence-electron chi connectivity index (χ0n) is 6.01. The fourth-order valence-corrected chi connectivity index (χ4v) is 1.48. The minimum absolute atomic E-state index is 0.242. The number of rotatable bonds is 1. The van der Waals surface area contributed by atoms with E-state index in [4.69, 9.17) is 5.11 Å². The molecule has 4 nitrogen and oxygen atoms in total. The standard InChI is InChI=1S/C7H5N3OS/c11-7-9-4-8-6(10-7)5-2-1-3-12-5/h1-4H,(H,8,9,10,11). The molecule has 0 unspecified atom stereocenters. The van der Waals surface area contributed by atoms with Gasteiger partial charge in [0.05, 0.1) is 4.88 Å². The Kier molecular flexibility index (Phi) is 1.71. The van der Waals surface area contributed by atoms with Crippen LogP contribution in [0.5, 0.6) is 6.01 Å². The van der Waals surface area contributed by atoms with Crippen molar-refractivity contribution in [3.05, 3.63) is 23.8 Å². The second-order valence-corrected chi connectivity index (χ2v) is 3.03. The summed E-state index contributed by atoms with van der Waals surface area (Å²) in [7, 11) is 0. The van der Waals surface area contributed by atoms with Crippen molar-refractivity contribution in [1.29, 1.82) is 0 Å². The average Bonchev–Trinajstić information content (AvgIpc) is 2.56. The third kappa shape index (κ3) is 1.26. The Morgan fingerprint density at radius 2 is 2.25 bits per heavy atom. The van der Waals surface area contributed by atoms with Crippen molar-refractivity contribution in [1.82, 2.24) is 15.0 Å². The highest BCUT2D eigenvalue weighted by atomic mass is 32.1. The van der Waals surface area contributed by atoms with Gasteiger partial charge in [0.2, 0.25) is 0 Å². The molecule has 0 fully saturated rings. The second kappa shape index (κ2) is 2.86. The van der Waals surface area contributed by atoms with Gasteiger partial charge in [-0.15, -0.1) is 11.3 Å². The zero-order valence-corrected chi connectivity index (χ0v) is 6.82. The van der Waals surface area contributed by atoms with Gasteiger partial charge in [-0.3, -0.25) is 0 Å². The first-order valence-electron chi connectivity index (χ1n) is 3.28. The van der Waals surface area contributed by atoms with E-state index >= 15 is 0 Å². The van der Waals surface area contributed by atoms with Gasteiger partial charge < -0.3 is 5.11 Å². The number of aromatic hydroxyl groups is 1. The molecule has 2 aromatic heterocycles. The predicted octanol–water partition coefficient (Wildman–Crippen LogP) is 1.31. The van der Waals surface area contributed by atoms with E-state index in [1.165, 1.54) is 17.7 Å². The van der Waals surface area contributed by atoms with Crippen molar-refractivity contribution in [2.45, 2.75) is 0 Å². The number of thiophene rings is 1. The smallest absolute Gasteiger partial charge is 0.317 e. The summed E-state index contributed by atoms with van der Waals surface area (Å²) >= 11 is 1.52. The van der Waals surface area contributed by atoms with Crippen LogP contribution < -0.4 is 0 Å². The van der Waals surface area contributed by atoms with Gasteiger partial charge in [0, 0.05) is 0 Å². The molecule has 2 heterocycles. The Morgan fingerprint density at radius 3 is 2.92 bits per heavy atom. The summed E-state index contributed by atoms with van der Waals surface area (Å²) in [5, 5.41) is 10.9. The number of aromatic nitrogens is 3. The highest BCUT2D eigenvalue weighted by molar-refractivity contribution is 7.13. The Hall–Kier alpha value is -1.49. The van der Waals surface area contributed by atoms with E-state index in [0.717, 1.165) is 4.88 Å². The lowest BCUT2D eigenvalue weighted by molar-refractivity contribution is 0.429. The van der Waals surface area contributed by atoms with Crippen molar-refractivity contribution >= 4 is 11.3 Å². The molecule has 0 bridgehead atoms. The first-order chi connectivity index (χ1) is 5.86. The molecule has 0 atom stereocenters. The molecular weight excluding hydrogens is 174 g/mol. The van der Waals surface area contributed by atoms with Crippen LogP contribution in [0.1, 0.15) is 0 Å². The molecule has 12 heavy (non-hydrogen) atoms. The molecule has 2 rings (SSSR count). The summed E-state index contributed by atoms with van der Waals surface area (Å²) in [6, 6.07) is 3.55. The van der Waals surface area contributed by atoms with E-state index in [-0.39, 0.29) is 6.01 Å². The Bertz CT molecular complexity index is 374. The zero-order chi connectivity index (χ0) is 8.39. The average molecular weight is 179 g/mol. The van der Waals surface area contributed by atoms with E-state index in [1.54, 1.807) is 0 Å². The van der Waals surface area contributed by atoms with Crippen molar-refractivity contribution in [2.75, 3.05) is 0 Å². The monoisotopic (exact) mass is 179 g/mol. The first-order valence-corrected chi connectivity index (χ1v) is 4.16. The number of hydrogen-bond donors (Lipinski definition) is 1. The largest absolute Gasteiger partial charge is 0.479 e. The van der Waals surface area contributed by atoms with E-state index in [2.05, 4.69) is 15.0 Å². The van der Waals surface area contributed by atoms with Crippen LogP contribution in [0.4, 0.5) is 0 Å². The minimum Gasteiger partial charge on any atom is -0.479 e. The van der Waals surface area contributed by atoms with Crippen LogP contribution in [-0.2, 0) is 0 Å². The van der Waals surface area contributed by atoms with Crippen LogP contribution >= 0.6 is 11.3 Å². The molecule has 0 amide bonds. The molecule has 2 aromatic rings. The van der Waals surface area contributed by atoms with Gasteiger partial charge in [-0.1, -0.05) is 6.07 Å². The van der Waals surface area contributed by atoms with Gasteiger partial charge in [-0.05, 0) is 11.4 Å². The first kappa shape index (κ1) is 7.17. The summed E-state index contributed by atoms with van der Waals surface area (Å²) in [4.78, 5) is 12.1. The van der Waals surface area contributed by atoms with E-state index in [0.29, 0.717) is 5.82 Å². The molecule has 0 aliphatic carbocycles. The predicted molar refractivity (Wildman–Crippen MR) is 44.8 cm³/mol. The fraction of sp³-hybridized carbons (Fsp3) is 0. The summed E-state index contributed by atoms with van der Waals surface area (Å²) in [6.45, 7) is 0. The maximum absolute atomic E-state index is 8.95. The van der Waals surface area contributed by atoms with Crippen LogP contribution in [0.25, 0.3) is 10.7 Å². The molecule has 5 heteroatoms. The normalized spacial score (nSPS) is 10.0. The van der Waals surface area contributed by atoms with Crippen molar-refractivity contribution in [3.8, 4) is 16.7 Å². The molecule has 0 aliphatic rings. The highest BCUT2D eigenvalue weighted by Crippen LogP contribution is 2.20. The highest BCUT2D eigenvalue weighted by Gasteiger charge is 2.02. The SMILES string of the molecule is Oc1ncnc(-c2cccs2)n1. The molecule has 0 spiro atoms. The van der Waals surface area contributed by atoms with Gasteiger partial charge >= 0.3 is 6.01 Å². The molecular formula is C7H5N3OS. The second-order valence-electron chi connectivity index (χ2n) is 2.09. The Balaban J connectivity index is 2.48. The third-order valence-corrected chi connectivity index (χ3v) is 2.17. The van der Waals surface area contributed by atoms with Crippen molar-refractivity contribution in [3.63, 3.8) is 0 Å². The maximum Gasteiger partial charge on any atom is 0.317 e. The van der Waals surface area contributed by atoms with Crippen molar-refractivity contribution in [2.24, 2.45) is 0 Å². The third-order valence-electron chi connectivity index (χ3n) is 1.30. The lowest BCUT2D eigenvalue weighted by atomic mass is 10.4. The van der Waals surface area contributed by atoms with Crippen LogP contribution in [0, 0.1) is 0 Å². The number of hydrogen-bond acceptors (Lipinski definition) is 5. The lowest BCUT2D eigenvalue weighted by Crippen LogP contribution is -1.87. The van der Waals surface area contributed by atoms with Gasteiger partial charge in [0.1, 0.15) is 6.33 Å².